The lowest BCUT2D eigenvalue weighted by Crippen LogP contribution is -2.28. The average Bonchev–Trinajstić information content (AvgIpc) is 2.43. The number of hydrogen-bond donors (Lipinski definition) is 1. The first-order valence-corrected chi connectivity index (χ1v) is 8.13. The fraction of sp³-hybridized carbons (Fsp3) is 0.647. The van der Waals surface area contributed by atoms with E-state index < -0.39 is 5.97 Å². The summed E-state index contributed by atoms with van der Waals surface area (Å²) in [7, 11) is 0. The molecule has 6 nitrogen and oxygen atoms in total. The van der Waals surface area contributed by atoms with Crippen molar-refractivity contribution < 1.29 is 9.53 Å². The molecule has 1 aromatic rings. The number of carbonyl (C=O) groups excluding carboxylic acids is 1. The Hall–Kier alpha value is -1.98. The maximum absolute atomic E-state index is 11.7. The number of hydrogen-bond acceptors (Lipinski definition) is 6. The van der Waals surface area contributed by atoms with Crippen molar-refractivity contribution in [3.63, 3.8) is 0 Å². The third-order valence-electron chi connectivity index (χ3n) is 3.96. The van der Waals surface area contributed by atoms with Gasteiger partial charge >= 0.3 is 5.97 Å². The molecule has 1 aromatic heterocycles. The average molecular weight is 318 g/mol. The fourth-order valence-corrected chi connectivity index (χ4v) is 3.26. The van der Waals surface area contributed by atoms with Crippen LogP contribution in [0.3, 0.4) is 0 Å². The molecule has 0 unspecified atom stereocenters. The normalized spacial score (nSPS) is 22.0. The zero-order chi connectivity index (χ0) is 17.0. The first-order valence-electron chi connectivity index (χ1n) is 8.13. The Bertz CT molecular complexity index is 611. The number of hydrazone groups is 1. The highest BCUT2D eigenvalue weighted by Gasteiger charge is 2.29. The van der Waals surface area contributed by atoms with Gasteiger partial charge in [-0.2, -0.15) is 5.10 Å². The van der Waals surface area contributed by atoms with Crippen LogP contribution in [0.2, 0.25) is 0 Å². The van der Waals surface area contributed by atoms with E-state index in [1.54, 1.807) is 13.8 Å². The van der Waals surface area contributed by atoms with Gasteiger partial charge in [0.15, 0.2) is 0 Å². The summed E-state index contributed by atoms with van der Waals surface area (Å²) in [5.74, 6) is 0.637. The molecule has 0 aliphatic heterocycles. The van der Waals surface area contributed by atoms with Crippen LogP contribution in [-0.4, -0.2) is 28.3 Å². The Morgan fingerprint density at radius 3 is 2.87 bits per heavy atom. The molecule has 0 bridgehead atoms. The van der Waals surface area contributed by atoms with Gasteiger partial charge in [0.1, 0.15) is 0 Å². The summed E-state index contributed by atoms with van der Waals surface area (Å²) in [6.45, 7) is 10.7. The molecule has 1 aliphatic rings. The molecule has 0 saturated heterocycles. The molecule has 0 amide bonds. The van der Waals surface area contributed by atoms with Crippen molar-refractivity contribution in [1.82, 2.24) is 9.97 Å². The molecule has 23 heavy (non-hydrogen) atoms. The number of nitrogens with one attached hydrogen (secondary N) is 1. The van der Waals surface area contributed by atoms with E-state index in [0.717, 1.165) is 18.6 Å². The molecule has 1 fully saturated rings. The number of ether oxygens (including phenoxy) is 1. The van der Waals surface area contributed by atoms with E-state index in [1.807, 2.05) is 0 Å². The second-order valence-electron chi connectivity index (χ2n) is 7.06. The monoisotopic (exact) mass is 318 g/mol. The minimum atomic E-state index is -0.397. The van der Waals surface area contributed by atoms with Gasteiger partial charge < -0.3 is 4.74 Å². The number of aromatic nitrogens is 2. The second kappa shape index (κ2) is 7.06. The molecule has 0 aromatic carbocycles. The van der Waals surface area contributed by atoms with Crippen LogP contribution in [-0.2, 0) is 4.74 Å². The molecule has 0 radical (unpaired) electrons. The van der Waals surface area contributed by atoms with Crippen molar-refractivity contribution >= 4 is 17.6 Å². The summed E-state index contributed by atoms with van der Waals surface area (Å²) < 4.78 is 4.97. The highest BCUT2D eigenvalue weighted by Crippen LogP contribution is 2.36. The predicted octanol–water partition coefficient (Wildman–Crippen LogP) is 3.58. The quantitative estimate of drug-likeness (QED) is 0.678. The predicted molar refractivity (Wildman–Crippen MR) is 90.6 cm³/mol. The molecule has 1 saturated carbocycles. The van der Waals surface area contributed by atoms with Crippen molar-refractivity contribution in [3.05, 3.63) is 17.5 Å². The smallest absolute Gasteiger partial charge is 0.341 e. The van der Waals surface area contributed by atoms with Crippen molar-refractivity contribution in [2.45, 2.75) is 53.9 Å². The highest BCUT2D eigenvalue weighted by molar-refractivity contribution is 5.90. The molecule has 1 N–H and O–H groups in total. The SMILES string of the molecule is CCOC(=O)c1cnc(NN=C2C[C@H](C)CC(C)(C)C2)nc1C. The molecule has 126 valence electrons. The number of anilines is 1. The van der Waals surface area contributed by atoms with E-state index in [9.17, 15) is 4.79 Å². The van der Waals surface area contributed by atoms with Crippen LogP contribution in [0, 0.1) is 18.3 Å². The maximum atomic E-state index is 11.7. The van der Waals surface area contributed by atoms with Gasteiger partial charge in [0.05, 0.1) is 17.9 Å². The van der Waals surface area contributed by atoms with Crippen LogP contribution in [0.1, 0.15) is 63.0 Å². The number of carbonyl (C=O) groups is 1. The second-order valence-corrected chi connectivity index (χ2v) is 7.06. The Kier molecular flexibility index (Phi) is 5.34. The first-order chi connectivity index (χ1) is 10.8. The summed E-state index contributed by atoms with van der Waals surface area (Å²) in [5.41, 5.74) is 5.32. The van der Waals surface area contributed by atoms with Gasteiger partial charge in [0.2, 0.25) is 5.95 Å². The number of nitrogens with zero attached hydrogens (tertiary/aromatic N) is 3. The van der Waals surface area contributed by atoms with E-state index in [-0.39, 0.29) is 5.41 Å². The molecule has 0 spiro atoms. The molecular formula is C17H26N4O2. The van der Waals surface area contributed by atoms with Crippen molar-refractivity contribution in [3.8, 4) is 0 Å². The minimum Gasteiger partial charge on any atom is -0.462 e. The van der Waals surface area contributed by atoms with Crippen LogP contribution < -0.4 is 5.43 Å². The molecular weight excluding hydrogens is 292 g/mol. The van der Waals surface area contributed by atoms with E-state index in [2.05, 4.69) is 41.3 Å². The van der Waals surface area contributed by atoms with Gasteiger partial charge in [0.25, 0.3) is 0 Å². The number of aryl methyl sites for hydroxylation is 1. The largest absolute Gasteiger partial charge is 0.462 e. The van der Waals surface area contributed by atoms with E-state index in [4.69, 9.17) is 4.74 Å². The number of rotatable bonds is 4. The lowest BCUT2D eigenvalue weighted by atomic mass is 9.72. The van der Waals surface area contributed by atoms with Gasteiger partial charge in [-0.1, -0.05) is 20.8 Å². The molecule has 1 aliphatic carbocycles. The zero-order valence-corrected chi connectivity index (χ0v) is 14.6. The van der Waals surface area contributed by atoms with Crippen LogP contribution >= 0.6 is 0 Å². The van der Waals surface area contributed by atoms with Crippen molar-refractivity contribution in [2.75, 3.05) is 12.0 Å². The molecule has 1 heterocycles. The van der Waals surface area contributed by atoms with Crippen molar-refractivity contribution in [2.24, 2.45) is 16.4 Å². The summed E-state index contributed by atoms with van der Waals surface area (Å²) >= 11 is 0. The van der Waals surface area contributed by atoms with Gasteiger partial charge in [-0.15, -0.1) is 0 Å². The summed E-state index contributed by atoms with van der Waals surface area (Å²) in [6.07, 6.45) is 4.67. The summed E-state index contributed by atoms with van der Waals surface area (Å²) in [6, 6.07) is 0. The first kappa shape index (κ1) is 17.4. The Morgan fingerprint density at radius 1 is 1.52 bits per heavy atom. The third-order valence-corrected chi connectivity index (χ3v) is 3.96. The van der Waals surface area contributed by atoms with Crippen LogP contribution in [0.4, 0.5) is 5.95 Å². The van der Waals surface area contributed by atoms with Crippen LogP contribution in [0.25, 0.3) is 0 Å². The maximum Gasteiger partial charge on any atom is 0.341 e. The van der Waals surface area contributed by atoms with Gasteiger partial charge in [0, 0.05) is 11.9 Å². The summed E-state index contributed by atoms with van der Waals surface area (Å²) in [5, 5.41) is 4.48. The Labute approximate surface area is 137 Å². The number of esters is 1. The van der Waals surface area contributed by atoms with Crippen LogP contribution in [0.15, 0.2) is 11.3 Å². The highest BCUT2D eigenvalue weighted by atomic mass is 16.5. The van der Waals surface area contributed by atoms with Crippen molar-refractivity contribution in [1.29, 1.82) is 0 Å². The fourth-order valence-electron chi connectivity index (χ4n) is 3.26. The lowest BCUT2D eigenvalue weighted by Gasteiger charge is -2.34. The Balaban J connectivity index is 2.07. The van der Waals surface area contributed by atoms with Gasteiger partial charge in [-0.3, -0.25) is 0 Å². The van der Waals surface area contributed by atoms with Gasteiger partial charge in [-0.05, 0) is 44.4 Å². The zero-order valence-electron chi connectivity index (χ0n) is 14.6. The van der Waals surface area contributed by atoms with Crippen LogP contribution in [0.5, 0.6) is 0 Å². The van der Waals surface area contributed by atoms with Gasteiger partial charge in [-0.25, -0.2) is 20.2 Å². The summed E-state index contributed by atoms with van der Waals surface area (Å²) in [4.78, 5) is 20.2. The Morgan fingerprint density at radius 2 is 2.26 bits per heavy atom. The van der Waals surface area contributed by atoms with E-state index >= 15 is 0 Å². The third kappa shape index (κ3) is 4.74. The van der Waals surface area contributed by atoms with E-state index in [0.29, 0.717) is 29.7 Å². The minimum absolute atomic E-state index is 0.280. The lowest BCUT2D eigenvalue weighted by molar-refractivity contribution is 0.0524. The molecule has 2 rings (SSSR count). The standard InChI is InChI=1S/C17H26N4O2/c1-6-23-15(22)14-10-18-16(19-12(14)3)21-20-13-7-11(2)8-17(4,5)9-13/h10-11H,6-9H2,1-5H3,(H,18,19,21)/t11-/m0/s1. The van der Waals surface area contributed by atoms with E-state index in [1.165, 1.54) is 12.6 Å². The molecule has 6 heteroatoms. The molecule has 1 atom stereocenters. The topological polar surface area (TPSA) is 76.5 Å².